The van der Waals surface area contributed by atoms with Gasteiger partial charge in [-0.3, -0.25) is 23.9 Å². The van der Waals surface area contributed by atoms with E-state index >= 15 is 0 Å². The van der Waals surface area contributed by atoms with E-state index in [0.29, 0.717) is 63.9 Å². The predicted octanol–water partition coefficient (Wildman–Crippen LogP) is 5.66. The first-order valence-corrected chi connectivity index (χ1v) is 15.4. The Balaban J connectivity index is 1.82. The SMILES string of the molecule is CCCCn1c(N2CCCC(C(=O)OCC)C2)c(/C=C2/SC(=S)N(Cc3ccccc3Cl)C2=O)c(C)c(C#N)c1=O. The molecule has 0 bridgehead atoms. The first-order valence-electron chi connectivity index (χ1n) is 13.8. The zero-order chi connectivity index (χ0) is 29.7. The molecule has 41 heavy (non-hydrogen) atoms. The van der Waals surface area contributed by atoms with Crippen molar-refractivity contribution in [3.8, 4) is 6.07 Å². The molecule has 0 saturated carbocycles. The fourth-order valence-corrected chi connectivity index (χ4v) is 6.63. The van der Waals surface area contributed by atoms with Crippen molar-refractivity contribution >= 4 is 63.7 Å². The number of carbonyl (C=O) groups excluding carboxylic acids is 2. The number of unbranched alkanes of at least 4 members (excludes halogenated alkanes) is 1. The Kier molecular flexibility index (Phi) is 10.3. The van der Waals surface area contributed by atoms with Crippen molar-refractivity contribution in [1.82, 2.24) is 9.47 Å². The van der Waals surface area contributed by atoms with E-state index in [2.05, 4.69) is 6.07 Å². The zero-order valence-corrected chi connectivity index (χ0v) is 25.8. The highest BCUT2D eigenvalue weighted by atomic mass is 35.5. The van der Waals surface area contributed by atoms with Gasteiger partial charge < -0.3 is 9.64 Å². The molecule has 0 radical (unpaired) electrons. The smallest absolute Gasteiger partial charge is 0.310 e. The van der Waals surface area contributed by atoms with Crippen LogP contribution >= 0.6 is 35.6 Å². The van der Waals surface area contributed by atoms with Gasteiger partial charge in [0.15, 0.2) is 0 Å². The van der Waals surface area contributed by atoms with Gasteiger partial charge in [0, 0.05) is 30.2 Å². The highest BCUT2D eigenvalue weighted by molar-refractivity contribution is 8.26. The van der Waals surface area contributed by atoms with Crippen LogP contribution in [-0.4, -0.2) is 45.4 Å². The van der Waals surface area contributed by atoms with E-state index in [1.54, 1.807) is 30.6 Å². The third kappa shape index (κ3) is 6.53. The first kappa shape index (κ1) is 30.8. The van der Waals surface area contributed by atoms with Crippen molar-refractivity contribution in [2.75, 3.05) is 24.6 Å². The van der Waals surface area contributed by atoms with Crippen molar-refractivity contribution in [2.45, 2.75) is 59.5 Å². The number of hydrogen-bond acceptors (Lipinski definition) is 8. The maximum Gasteiger partial charge on any atom is 0.310 e. The summed E-state index contributed by atoms with van der Waals surface area (Å²) in [6.07, 6.45) is 4.76. The second kappa shape index (κ2) is 13.7. The summed E-state index contributed by atoms with van der Waals surface area (Å²) in [6, 6.07) is 9.40. The third-order valence-corrected chi connectivity index (χ3v) is 9.10. The fourth-order valence-electron chi connectivity index (χ4n) is 5.19. The lowest BCUT2D eigenvalue weighted by Crippen LogP contribution is -2.43. The largest absolute Gasteiger partial charge is 0.466 e. The quantitative estimate of drug-likeness (QED) is 0.203. The summed E-state index contributed by atoms with van der Waals surface area (Å²) in [4.78, 5) is 43.8. The highest BCUT2D eigenvalue weighted by Crippen LogP contribution is 2.38. The number of pyridine rings is 1. The number of hydrogen-bond donors (Lipinski definition) is 0. The summed E-state index contributed by atoms with van der Waals surface area (Å²) in [6.45, 7) is 7.50. The number of amides is 1. The van der Waals surface area contributed by atoms with Gasteiger partial charge in [-0.05, 0) is 56.4 Å². The molecule has 2 aliphatic heterocycles. The number of anilines is 1. The Morgan fingerprint density at radius 1 is 1.29 bits per heavy atom. The minimum Gasteiger partial charge on any atom is -0.466 e. The van der Waals surface area contributed by atoms with Crippen molar-refractivity contribution < 1.29 is 14.3 Å². The van der Waals surface area contributed by atoms with E-state index in [-0.39, 0.29) is 35.5 Å². The van der Waals surface area contributed by atoms with Gasteiger partial charge >= 0.3 is 5.97 Å². The Morgan fingerprint density at radius 3 is 2.73 bits per heavy atom. The summed E-state index contributed by atoms with van der Waals surface area (Å²) >= 11 is 13.1. The molecule has 2 saturated heterocycles. The van der Waals surface area contributed by atoms with Gasteiger partial charge in [-0.1, -0.05) is 67.1 Å². The number of aromatic nitrogens is 1. The van der Waals surface area contributed by atoms with Crippen LogP contribution in [0.5, 0.6) is 0 Å². The van der Waals surface area contributed by atoms with Crippen LogP contribution in [0.15, 0.2) is 34.0 Å². The summed E-state index contributed by atoms with van der Waals surface area (Å²) in [5.41, 5.74) is 1.56. The van der Waals surface area contributed by atoms with Crippen LogP contribution in [0.25, 0.3) is 6.08 Å². The van der Waals surface area contributed by atoms with Crippen LogP contribution in [0.3, 0.4) is 0 Å². The molecule has 1 aromatic carbocycles. The summed E-state index contributed by atoms with van der Waals surface area (Å²) in [5.74, 6) is -0.244. The lowest BCUT2D eigenvalue weighted by Gasteiger charge is -2.36. The molecule has 0 N–H and O–H groups in total. The molecule has 0 aliphatic carbocycles. The van der Waals surface area contributed by atoms with Crippen LogP contribution in [0, 0.1) is 24.2 Å². The van der Waals surface area contributed by atoms with Crippen LogP contribution < -0.4 is 10.5 Å². The van der Waals surface area contributed by atoms with E-state index in [9.17, 15) is 19.6 Å². The molecule has 1 unspecified atom stereocenters. The van der Waals surface area contributed by atoms with Crippen molar-refractivity contribution in [2.24, 2.45) is 5.92 Å². The number of rotatable bonds is 9. The predicted molar refractivity (Wildman–Crippen MR) is 167 cm³/mol. The Morgan fingerprint density at radius 2 is 2.05 bits per heavy atom. The van der Waals surface area contributed by atoms with E-state index < -0.39 is 0 Å². The van der Waals surface area contributed by atoms with E-state index in [0.717, 1.165) is 24.8 Å². The molecule has 2 fully saturated rings. The van der Waals surface area contributed by atoms with Gasteiger partial charge in [0.1, 0.15) is 21.8 Å². The van der Waals surface area contributed by atoms with Crippen LogP contribution in [-0.2, 0) is 27.4 Å². The monoisotopic (exact) mass is 612 g/mol. The van der Waals surface area contributed by atoms with Gasteiger partial charge in [-0.15, -0.1) is 0 Å². The Hall–Kier alpha value is -3.13. The number of thioether (sulfide) groups is 1. The molecule has 2 aliphatic rings. The van der Waals surface area contributed by atoms with Crippen molar-refractivity contribution in [3.63, 3.8) is 0 Å². The minimum atomic E-state index is -0.366. The van der Waals surface area contributed by atoms with Gasteiger partial charge in [-0.2, -0.15) is 5.26 Å². The molecule has 1 atom stereocenters. The average Bonchev–Trinajstić information content (AvgIpc) is 3.22. The summed E-state index contributed by atoms with van der Waals surface area (Å²) in [7, 11) is 0. The molecule has 1 amide bonds. The molecule has 4 rings (SSSR count). The molecule has 3 heterocycles. The van der Waals surface area contributed by atoms with Crippen molar-refractivity contribution in [3.05, 3.63) is 66.8 Å². The Labute approximate surface area is 254 Å². The van der Waals surface area contributed by atoms with Gasteiger partial charge in [0.05, 0.1) is 24.0 Å². The molecule has 0 spiro atoms. The molecule has 1 aromatic heterocycles. The van der Waals surface area contributed by atoms with Gasteiger partial charge in [-0.25, -0.2) is 0 Å². The average molecular weight is 613 g/mol. The standard InChI is InChI=1S/C30H33ClN4O4S2/c1-4-6-14-34-26(33-13-9-11-21(17-33)29(38)39-5-2)22(19(3)23(16-32)27(34)36)15-25-28(37)35(30(40)41-25)18-20-10-7-8-12-24(20)31/h7-8,10,12,15,21H,4-6,9,11,13-14,17-18H2,1-3H3/b25-15+. The topological polar surface area (TPSA) is 95.6 Å². The minimum absolute atomic E-state index is 0.0431. The summed E-state index contributed by atoms with van der Waals surface area (Å²) in [5, 5.41) is 10.5. The molecule has 216 valence electrons. The number of piperidine rings is 1. The third-order valence-electron chi connectivity index (χ3n) is 7.36. The van der Waals surface area contributed by atoms with E-state index in [1.165, 1.54) is 16.7 Å². The molecule has 2 aromatic rings. The lowest BCUT2D eigenvalue weighted by atomic mass is 9.96. The second-order valence-electron chi connectivity index (χ2n) is 10.1. The number of benzene rings is 1. The van der Waals surface area contributed by atoms with Gasteiger partial charge in [0.25, 0.3) is 11.5 Å². The maximum absolute atomic E-state index is 13.6. The Bertz CT molecular complexity index is 1500. The number of halogens is 1. The highest BCUT2D eigenvalue weighted by Gasteiger charge is 2.35. The number of carbonyl (C=O) groups is 2. The molecular weight excluding hydrogens is 580 g/mol. The normalized spacial score (nSPS) is 18.2. The number of esters is 1. The maximum atomic E-state index is 13.6. The molecule has 11 heteroatoms. The number of ether oxygens (including phenoxy) is 1. The summed E-state index contributed by atoms with van der Waals surface area (Å²) < 4.78 is 7.35. The van der Waals surface area contributed by atoms with Crippen LogP contribution in [0.4, 0.5) is 5.82 Å². The van der Waals surface area contributed by atoms with Gasteiger partial charge in [0.2, 0.25) is 0 Å². The first-order chi connectivity index (χ1) is 19.7. The zero-order valence-electron chi connectivity index (χ0n) is 23.4. The van der Waals surface area contributed by atoms with E-state index in [1.807, 2.05) is 30.0 Å². The molecule has 8 nitrogen and oxygen atoms in total. The van der Waals surface area contributed by atoms with E-state index in [4.69, 9.17) is 28.6 Å². The molecular formula is C30H33ClN4O4S2. The number of nitriles is 1. The second-order valence-corrected chi connectivity index (χ2v) is 12.1. The number of thiocarbonyl (C=S) groups is 1. The number of nitrogens with zero attached hydrogens (tertiary/aromatic N) is 4. The van der Waals surface area contributed by atoms with Crippen LogP contribution in [0.2, 0.25) is 5.02 Å². The van der Waals surface area contributed by atoms with Crippen molar-refractivity contribution in [1.29, 1.82) is 5.26 Å². The fraction of sp³-hybridized carbons (Fsp3) is 0.433. The lowest BCUT2D eigenvalue weighted by molar-refractivity contribution is -0.148. The van der Waals surface area contributed by atoms with Crippen LogP contribution in [0.1, 0.15) is 61.8 Å².